The Hall–Kier alpha value is -4.00. The molecular formula is C29H29NO6. The van der Waals surface area contributed by atoms with Crippen LogP contribution in [0.15, 0.2) is 62.4 Å². The van der Waals surface area contributed by atoms with Crippen LogP contribution in [0.2, 0.25) is 0 Å². The minimum atomic E-state index is -0.668. The third-order valence-electron chi connectivity index (χ3n) is 6.35. The fourth-order valence-corrected chi connectivity index (χ4v) is 4.85. The lowest BCUT2D eigenvalue weighted by Crippen LogP contribution is -2.29. The Morgan fingerprint density at radius 2 is 1.83 bits per heavy atom. The van der Waals surface area contributed by atoms with Crippen molar-refractivity contribution in [2.45, 2.75) is 46.7 Å². The number of benzene rings is 2. The summed E-state index contributed by atoms with van der Waals surface area (Å²) in [6, 6.07) is 12.2. The summed E-state index contributed by atoms with van der Waals surface area (Å²) in [5.74, 6) is 1.52. The zero-order valence-corrected chi connectivity index (χ0v) is 20.9. The van der Waals surface area contributed by atoms with Gasteiger partial charge in [-0.05, 0) is 74.2 Å². The molecule has 4 aromatic rings. The Kier molecular flexibility index (Phi) is 6.31. The molecule has 0 spiro atoms. The highest BCUT2D eigenvalue weighted by atomic mass is 16.5. The molecule has 5 rings (SSSR count). The van der Waals surface area contributed by atoms with Crippen molar-refractivity contribution in [3.8, 4) is 11.5 Å². The van der Waals surface area contributed by atoms with Gasteiger partial charge in [-0.2, -0.15) is 0 Å². The molecule has 1 atom stereocenters. The summed E-state index contributed by atoms with van der Waals surface area (Å²) in [6.45, 7) is 8.96. The maximum atomic E-state index is 13.9. The highest BCUT2D eigenvalue weighted by Crippen LogP contribution is 2.42. The molecule has 0 saturated carbocycles. The van der Waals surface area contributed by atoms with Gasteiger partial charge in [0.05, 0.1) is 43.0 Å². The molecule has 0 N–H and O–H groups in total. The van der Waals surface area contributed by atoms with Crippen LogP contribution in [0.5, 0.6) is 11.5 Å². The van der Waals surface area contributed by atoms with Crippen molar-refractivity contribution in [2.75, 3.05) is 13.2 Å². The van der Waals surface area contributed by atoms with Crippen LogP contribution >= 0.6 is 0 Å². The first-order chi connectivity index (χ1) is 17.4. The van der Waals surface area contributed by atoms with Crippen LogP contribution in [0.1, 0.15) is 64.9 Å². The maximum Gasteiger partial charge on any atom is 0.291 e. The fraction of sp³-hybridized carbons (Fsp3) is 0.310. The van der Waals surface area contributed by atoms with E-state index in [4.69, 9.17) is 18.3 Å². The van der Waals surface area contributed by atoms with Crippen molar-refractivity contribution in [2.24, 2.45) is 0 Å². The van der Waals surface area contributed by atoms with E-state index in [2.05, 4.69) is 0 Å². The van der Waals surface area contributed by atoms with E-state index in [0.29, 0.717) is 47.0 Å². The van der Waals surface area contributed by atoms with E-state index in [0.717, 1.165) is 23.1 Å². The molecule has 2 aromatic carbocycles. The Labute approximate surface area is 209 Å². The first kappa shape index (κ1) is 23.7. The number of nitrogens with zero attached hydrogens (tertiary/aromatic N) is 1. The van der Waals surface area contributed by atoms with Crippen LogP contribution in [-0.4, -0.2) is 24.0 Å². The monoisotopic (exact) mass is 487 g/mol. The molecule has 7 heteroatoms. The molecule has 1 unspecified atom stereocenters. The minimum Gasteiger partial charge on any atom is -0.490 e. The zero-order valence-electron chi connectivity index (χ0n) is 20.9. The van der Waals surface area contributed by atoms with Crippen LogP contribution in [0.3, 0.4) is 0 Å². The van der Waals surface area contributed by atoms with Crippen molar-refractivity contribution in [1.29, 1.82) is 0 Å². The molecule has 2 aromatic heterocycles. The van der Waals surface area contributed by atoms with Gasteiger partial charge in [-0.1, -0.05) is 19.1 Å². The van der Waals surface area contributed by atoms with Crippen molar-refractivity contribution in [3.63, 3.8) is 0 Å². The lowest BCUT2D eigenvalue weighted by atomic mass is 9.97. The molecule has 186 valence electrons. The minimum absolute atomic E-state index is 0.0697. The van der Waals surface area contributed by atoms with Gasteiger partial charge in [0.1, 0.15) is 11.3 Å². The van der Waals surface area contributed by atoms with E-state index in [9.17, 15) is 9.59 Å². The Bertz CT molecular complexity index is 1480. The molecule has 1 amide bonds. The van der Waals surface area contributed by atoms with Gasteiger partial charge in [0.25, 0.3) is 5.91 Å². The van der Waals surface area contributed by atoms with Crippen LogP contribution in [0, 0.1) is 13.8 Å². The number of fused-ring (bicyclic) bond motifs is 2. The van der Waals surface area contributed by atoms with Gasteiger partial charge >= 0.3 is 0 Å². The zero-order chi connectivity index (χ0) is 25.4. The molecule has 0 saturated heterocycles. The Balaban J connectivity index is 1.72. The normalized spacial score (nSPS) is 14.9. The highest BCUT2D eigenvalue weighted by Gasteiger charge is 2.43. The fourth-order valence-electron chi connectivity index (χ4n) is 4.85. The first-order valence-electron chi connectivity index (χ1n) is 12.2. The number of carbonyl (C=O) groups excluding carboxylic acids is 1. The summed E-state index contributed by atoms with van der Waals surface area (Å²) in [4.78, 5) is 29.2. The second-order valence-corrected chi connectivity index (χ2v) is 9.04. The third-order valence-corrected chi connectivity index (χ3v) is 6.35. The molecule has 0 radical (unpaired) electrons. The van der Waals surface area contributed by atoms with E-state index in [1.54, 1.807) is 23.3 Å². The number of ether oxygens (including phenoxy) is 2. The molecule has 1 aliphatic heterocycles. The number of aryl methyl sites for hydroxylation is 2. The number of hydrogen-bond acceptors (Lipinski definition) is 6. The quantitative estimate of drug-likeness (QED) is 0.306. The molecule has 7 nitrogen and oxygen atoms in total. The molecule has 0 aliphatic carbocycles. The number of hydrogen-bond donors (Lipinski definition) is 0. The SMILES string of the molecule is CCCOc1ccc(C2c3c(oc4c(C)cc(C)cc4c3=O)C(=O)N2Cc2ccco2)cc1OCC. The first-order valence-corrected chi connectivity index (χ1v) is 12.2. The molecular weight excluding hydrogens is 458 g/mol. The summed E-state index contributed by atoms with van der Waals surface area (Å²) in [6.07, 6.45) is 2.43. The maximum absolute atomic E-state index is 13.9. The average molecular weight is 488 g/mol. The summed E-state index contributed by atoms with van der Waals surface area (Å²) < 4.78 is 23.4. The molecule has 36 heavy (non-hydrogen) atoms. The number of furan rings is 1. The van der Waals surface area contributed by atoms with Crippen LogP contribution < -0.4 is 14.9 Å². The van der Waals surface area contributed by atoms with Gasteiger partial charge in [0.2, 0.25) is 5.76 Å². The third kappa shape index (κ3) is 4.04. The standard InChI is InChI=1S/C29H29NO6/c1-5-11-35-22-10-9-19(15-23(22)33-6-2)25-24-26(31)21-14-17(3)13-18(4)27(21)36-28(24)29(32)30(25)16-20-8-7-12-34-20/h7-10,12-15,25H,5-6,11,16H2,1-4H3. The average Bonchev–Trinajstić information content (AvgIpc) is 3.46. The Morgan fingerprint density at radius 1 is 1.00 bits per heavy atom. The van der Waals surface area contributed by atoms with Crippen molar-refractivity contribution < 1.29 is 23.1 Å². The predicted molar refractivity (Wildman–Crippen MR) is 136 cm³/mol. The van der Waals surface area contributed by atoms with Gasteiger partial charge in [-0.25, -0.2) is 0 Å². The van der Waals surface area contributed by atoms with E-state index < -0.39 is 6.04 Å². The van der Waals surface area contributed by atoms with Crippen LogP contribution in [-0.2, 0) is 6.54 Å². The smallest absolute Gasteiger partial charge is 0.291 e. The number of rotatable bonds is 8. The largest absolute Gasteiger partial charge is 0.490 e. The summed E-state index contributed by atoms with van der Waals surface area (Å²) >= 11 is 0. The van der Waals surface area contributed by atoms with Gasteiger partial charge in [-0.3, -0.25) is 9.59 Å². The summed E-state index contributed by atoms with van der Waals surface area (Å²) in [5.41, 5.74) is 3.06. The number of amides is 1. The van der Waals surface area contributed by atoms with Gasteiger partial charge in [0.15, 0.2) is 16.9 Å². The Morgan fingerprint density at radius 3 is 2.56 bits per heavy atom. The summed E-state index contributed by atoms with van der Waals surface area (Å²) in [5, 5.41) is 0.469. The van der Waals surface area contributed by atoms with Gasteiger partial charge in [0, 0.05) is 0 Å². The van der Waals surface area contributed by atoms with Crippen LogP contribution in [0.25, 0.3) is 11.0 Å². The van der Waals surface area contributed by atoms with E-state index in [1.165, 1.54) is 0 Å². The van der Waals surface area contributed by atoms with Gasteiger partial charge in [-0.15, -0.1) is 0 Å². The van der Waals surface area contributed by atoms with Gasteiger partial charge < -0.3 is 23.2 Å². The highest BCUT2D eigenvalue weighted by molar-refractivity contribution is 5.99. The topological polar surface area (TPSA) is 82.1 Å². The van der Waals surface area contributed by atoms with Crippen LogP contribution in [0.4, 0.5) is 0 Å². The molecule has 3 heterocycles. The van der Waals surface area contributed by atoms with E-state index in [1.807, 2.05) is 58.0 Å². The lowest BCUT2D eigenvalue weighted by Gasteiger charge is -2.25. The number of carbonyl (C=O) groups is 1. The predicted octanol–water partition coefficient (Wildman–Crippen LogP) is 5.94. The second-order valence-electron chi connectivity index (χ2n) is 9.04. The summed E-state index contributed by atoms with van der Waals surface area (Å²) in [7, 11) is 0. The van der Waals surface area contributed by atoms with E-state index >= 15 is 0 Å². The molecule has 0 fully saturated rings. The van der Waals surface area contributed by atoms with Crippen molar-refractivity contribution in [3.05, 3.63) is 92.7 Å². The second kappa shape index (κ2) is 9.57. The lowest BCUT2D eigenvalue weighted by molar-refractivity contribution is 0.0701. The van der Waals surface area contributed by atoms with E-state index in [-0.39, 0.29) is 23.6 Å². The molecule has 0 bridgehead atoms. The van der Waals surface area contributed by atoms with Crippen molar-refractivity contribution >= 4 is 16.9 Å². The van der Waals surface area contributed by atoms with Crippen molar-refractivity contribution in [1.82, 2.24) is 4.90 Å². The molecule has 1 aliphatic rings.